The molecular formula is C16H26N2O3. The summed E-state index contributed by atoms with van der Waals surface area (Å²) in [4.78, 5) is 2.37. The van der Waals surface area contributed by atoms with Gasteiger partial charge in [0.2, 0.25) is 0 Å². The molecule has 118 valence electrons. The zero-order valence-electron chi connectivity index (χ0n) is 13.0. The van der Waals surface area contributed by atoms with Crippen LogP contribution in [0, 0.1) is 0 Å². The van der Waals surface area contributed by atoms with Crippen LogP contribution < -0.4 is 10.1 Å². The lowest BCUT2D eigenvalue weighted by molar-refractivity contribution is 0.138. The SMILES string of the molecule is COCCN(Cc1ccc(OC)c(O)c1)CC1CCCN1. The zero-order valence-corrected chi connectivity index (χ0v) is 13.0. The van der Waals surface area contributed by atoms with Crippen molar-refractivity contribution in [2.24, 2.45) is 0 Å². The van der Waals surface area contributed by atoms with Crippen molar-refractivity contribution < 1.29 is 14.6 Å². The van der Waals surface area contributed by atoms with Crippen molar-refractivity contribution in [1.29, 1.82) is 0 Å². The van der Waals surface area contributed by atoms with E-state index in [1.54, 1.807) is 20.3 Å². The molecule has 1 unspecified atom stereocenters. The Morgan fingerprint density at radius 1 is 1.38 bits per heavy atom. The van der Waals surface area contributed by atoms with Crippen molar-refractivity contribution in [2.45, 2.75) is 25.4 Å². The van der Waals surface area contributed by atoms with Crippen molar-refractivity contribution in [3.63, 3.8) is 0 Å². The van der Waals surface area contributed by atoms with Gasteiger partial charge in [0.15, 0.2) is 11.5 Å². The maximum atomic E-state index is 9.88. The Labute approximate surface area is 126 Å². The van der Waals surface area contributed by atoms with Gasteiger partial charge in [-0.05, 0) is 37.1 Å². The van der Waals surface area contributed by atoms with Gasteiger partial charge in [-0.25, -0.2) is 0 Å². The van der Waals surface area contributed by atoms with Gasteiger partial charge >= 0.3 is 0 Å². The van der Waals surface area contributed by atoms with Gasteiger partial charge in [-0.15, -0.1) is 0 Å². The number of aromatic hydroxyl groups is 1. The summed E-state index contributed by atoms with van der Waals surface area (Å²) in [5.74, 6) is 0.709. The fraction of sp³-hybridized carbons (Fsp3) is 0.625. The van der Waals surface area contributed by atoms with E-state index in [1.807, 2.05) is 12.1 Å². The molecule has 1 aromatic carbocycles. The fourth-order valence-corrected chi connectivity index (χ4v) is 2.77. The van der Waals surface area contributed by atoms with Crippen LogP contribution in [0.2, 0.25) is 0 Å². The lowest BCUT2D eigenvalue weighted by atomic mass is 10.1. The second-order valence-electron chi connectivity index (χ2n) is 5.53. The summed E-state index contributed by atoms with van der Waals surface area (Å²) < 4.78 is 10.3. The predicted octanol–water partition coefficient (Wildman–Crippen LogP) is 1.60. The molecule has 1 atom stereocenters. The monoisotopic (exact) mass is 294 g/mol. The zero-order chi connectivity index (χ0) is 15.1. The van der Waals surface area contributed by atoms with Gasteiger partial charge in [-0.1, -0.05) is 6.07 Å². The molecule has 2 N–H and O–H groups in total. The number of rotatable bonds is 8. The number of phenols is 1. The van der Waals surface area contributed by atoms with Crippen molar-refractivity contribution in [2.75, 3.05) is 40.5 Å². The Hall–Kier alpha value is -1.30. The first kappa shape index (κ1) is 16.1. The lowest BCUT2D eigenvalue weighted by Gasteiger charge is -2.25. The largest absolute Gasteiger partial charge is 0.504 e. The molecule has 1 aliphatic rings. The number of nitrogens with one attached hydrogen (secondary N) is 1. The van der Waals surface area contributed by atoms with Gasteiger partial charge in [0.05, 0.1) is 13.7 Å². The minimum Gasteiger partial charge on any atom is -0.504 e. The minimum absolute atomic E-state index is 0.195. The molecule has 0 aliphatic carbocycles. The van der Waals surface area contributed by atoms with Crippen LogP contribution in [0.3, 0.4) is 0 Å². The van der Waals surface area contributed by atoms with E-state index in [2.05, 4.69) is 10.2 Å². The summed E-state index contributed by atoms with van der Waals surface area (Å²) in [7, 11) is 3.29. The van der Waals surface area contributed by atoms with Crippen molar-refractivity contribution in [3.05, 3.63) is 23.8 Å². The molecule has 0 bridgehead atoms. The van der Waals surface area contributed by atoms with E-state index in [4.69, 9.17) is 9.47 Å². The van der Waals surface area contributed by atoms with E-state index in [0.29, 0.717) is 11.8 Å². The van der Waals surface area contributed by atoms with Gasteiger partial charge in [-0.3, -0.25) is 4.90 Å². The summed E-state index contributed by atoms with van der Waals surface area (Å²) in [5, 5.41) is 13.4. The number of ether oxygens (including phenoxy) is 2. The molecule has 0 aromatic heterocycles. The number of methoxy groups -OCH3 is 2. The maximum absolute atomic E-state index is 9.88. The molecule has 0 saturated carbocycles. The van der Waals surface area contributed by atoms with Gasteiger partial charge in [-0.2, -0.15) is 0 Å². The van der Waals surface area contributed by atoms with Crippen molar-refractivity contribution in [1.82, 2.24) is 10.2 Å². The molecule has 5 heteroatoms. The Morgan fingerprint density at radius 3 is 2.86 bits per heavy atom. The first-order chi connectivity index (χ1) is 10.2. The summed E-state index contributed by atoms with van der Waals surface area (Å²) in [6, 6.07) is 6.16. The first-order valence-electron chi connectivity index (χ1n) is 7.53. The summed E-state index contributed by atoms with van der Waals surface area (Å²) in [5.41, 5.74) is 1.09. The van der Waals surface area contributed by atoms with E-state index in [9.17, 15) is 5.11 Å². The van der Waals surface area contributed by atoms with Gasteiger partial charge in [0, 0.05) is 32.8 Å². The second-order valence-corrected chi connectivity index (χ2v) is 5.53. The molecule has 1 heterocycles. The van der Waals surface area contributed by atoms with E-state index < -0.39 is 0 Å². The van der Waals surface area contributed by atoms with Gasteiger partial charge in [0.25, 0.3) is 0 Å². The third kappa shape index (κ3) is 4.88. The molecule has 21 heavy (non-hydrogen) atoms. The molecule has 1 aliphatic heterocycles. The average Bonchev–Trinajstić information content (AvgIpc) is 2.98. The molecule has 1 fully saturated rings. The lowest BCUT2D eigenvalue weighted by Crippen LogP contribution is -2.38. The van der Waals surface area contributed by atoms with Crippen LogP contribution in [0.4, 0.5) is 0 Å². The molecule has 0 radical (unpaired) electrons. The Kier molecular flexibility index (Phi) is 6.29. The number of phenolic OH excluding ortho intramolecular Hbond substituents is 1. The predicted molar refractivity (Wildman–Crippen MR) is 82.8 cm³/mol. The van der Waals surface area contributed by atoms with Crippen LogP contribution in [-0.2, 0) is 11.3 Å². The molecule has 1 aromatic rings. The van der Waals surface area contributed by atoms with Gasteiger partial charge in [0.1, 0.15) is 0 Å². The number of benzene rings is 1. The third-order valence-electron chi connectivity index (χ3n) is 3.90. The molecule has 1 saturated heterocycles. The highest BCUT2D eigenvalue weighted by atomic mass is 16.5. The van der Waals surface area contributed by atoms with Crippen molar-refractivity contribution >= 4 is 0 Å². The number of hydrogen-bond donors (Lipinski definition) is 2. The molecule has 0 spiro atoms. The normalized spacial score (nSPS) is 18.3. The summed E-state index contributed by atoms with van der Waals surface area (Å²) >= 11 is 0. The number of hydrogen-bond acceptors (Lipinski definition) is 5. The van der Waals surface area contributed by atoms with Crippen LogP contribution in [0.5, 0.6) is 11.5 Å². The van der Waals surface area contributed by atoms with Crippen LogP contribution in [0.1, 0.15) is 18.4 Å². The summed E-state index contributed by atoms with van der Waals surface area (Å²) in [6.45, 7) is 4.54. The Bertz CT molecular complexity index is 434. The molecule has 5 nitrogen and oxygen atoms in total. The van der Waals surface area contributed by atoms with E-state index in [0.717, 1.165) is 38.3 Å². The Morgan fingerprint density at radius 2 is 2.24 bits per heavy atom. The maximum Gasteiger partial charge on any atom is 0.160 e. The topological polar surface area (TPSA) is 54.0 Å². The smallest absolute Gasteiger partial charge is 0.160 e. The van der Waals surface area contributed by atoms with E-state index in [1.165, 1.54) is 12.8 Å². The van der Waals surface area contributed by atoms with Crippen LogP contribution in [0.15, 0.2) is 18.2 Å². The highest BCUT2D eigenvalue weighted by Gasteiger charge is 2.18. The van der Waals surface area contributed by atoms with Gasteiger partial charge < -0.3 is 19.9 Å². The highest BCUT2D eigenvalue weighted by Crippen LogP contribution is 2.26. The van der Waals surface area contributed by atoms with Crippen LogP contribution >= 0.6 is 0 Å². The quantitative estimate of drug-likeness (QED) is 0.763. The second kappa shape index (κ2) is 8.22. The summed E-state index contributed by atoms with van der Waals surface area (Å²) in [6.07, 6.45) is 2.49. The van der Waals surface area contributed by atoms with E-state index >= 15 is 0 Å². The fourth-order valence-electron chi connectivity index (χ4n) is 2.77. The van der Waals surface area contributed by atoms with Crippen molar-refractivity contribution in [3.8, 4) is 11.5 Å². The van der Waals surface area contributed by atoms with E-state index in [-0.39, 0.29) is 5.75 Å². The number of nitrogens with zero attached hydrogens (tertiary/aromatic N) is 1. The molecule has 2 rings (SSSR count). The Balaban J connectivity index is 1.97. The average molecular weight is 294 g/mol. The first-order valence-corrected chi connectivity index (χ1v) is 7.53. The third-order valence-corrected chi connectivity index (χ3v) is 3.90. The standard InChI is InChI=1S/C16H26N2O3/c1-20-9-8-18(12-14-4-3-7-17-14)11-13-5-6-16(21-2)15(19)10-13/h5-6,10,14,17,19H,3-4,7-9,11-12H2,1-2H3. The van der Waals surface area contributed by atoms with Crippen LogP contribution in [-0.4, -0.2) is 56.5 Å². The molecular weight excluding hydrogens is 268 g/mol. The minimum atomic E-state index is 0.195. The van der Waals surface area contributed by atoms with Crippen LogP contribution in [0.25, 0.3) is 0 Å². The highest BCUT2D eigenvalue weighted by molar-refractivity contribution is 5.41. The molecule has 0 amide bonds.